The first-order chi connectivity index (χ1) is 8.36. The van der Waals surface area contributed by atoms with Crippen LogP contribution in [-0.2, 0) is 0 Å². The van der Waals surface area contributed by atoms with Gasteiger partial charge in [-0.2, -0.15) is 0 Å². The maximum Gasteiger partial charge on any atom is 0.123 e. The maximum absolute atomic E-state index is 5.99. The molecule has 3 rings (SSSR count). The van der Waals surface area contributed by atoms with Gasteiger partial charge < -0.3 is 5.73 Å². The van der Waals surface area contributed by atoms with Crippen molar-refractivity contribution in [2.75, 3.05) is 0 Å². The topological polar surface area (TPSA) is 38.4 Å². The molecule has 2 aromatic rings. The first-order valence-corrected chi connectivity index (χ1v) is 5.79. The van der Waals surface area contributed by atoms with Crippen LogP contribution in [0, 0.1) is 0 Å². The number of benzene rings is 2. The Morgan fingerprint density at radius 3 is 2.24 bits per heavy atom. The first-order valence-electron chi connectivity index (χ1n) is 5.79. The van der Waals surface area contributed by atoms with Gasteiger partial charge in [-0.1, -0.05) is 54.6 Å². The second kappa shape index (κ2) is 4.15. The lowest BCUT2D eigenvalue weighted by atomic mass is 9.86. The minimum absolute atomic E-state index is 0.217. The largest absolute Gasteiger partial charge is 0.306 e. The predicted molar refractivity (Wildman–Crippen MR) is 70.1 cm³/mol. The molecule has 0 aromatic heterocycles. The molecule has 1 heterocycles. The lowest BCUT2D eigenvalue weighted by molar-refractivity contribution is 0.740. The van der Waals surface area contributed by atoms with Gasteiger partial charge in [0.15, 0.2) is 0 Å². The molecular weight excluding hydrogens is 208 g/mol. The predicted octanol–water partition coefficient (Wildman–Crippen LogP) is 2.86. The van der Waals surface area contributed by atoms with Crippen molar-refractivity contribution in [2.45, 2.75) is 12.1 Å². The summed E-state index contributed by atoms with van der Waals surface area (Å²) in [5, 5.41) is 0. The molecule has 2 aromatic carbocycles. The molecule has 2 N–H and O–H groups in total. The van der Waals surface area contributed by atoms with E-state index >= 15 is 0 Å². The van der Waals surface area contributed by atoms with Gasteiger partial charge in [0.05, 0.1) is 0 Å². The molecule has 2 heteroatoms. The summed E-state index contributed by atoms with van der Waals surface area (Å²) in [7, 11) is 0. The molecule has 0 fully saturated rings. The number of aliphatic imine (C=N–C) groups is 1. The Balaban J connectivity index is 2.11. The second-order valence-corrected chi connectivity index (χ2v) is 4.26. The van der Waals surface area contributed by atoms with E-state index in [1.54, 1.807) is 0 Å². The molecule has 2 atom stereocenters. The number of rotatable bonds is 1. The Hall–Kier alpha value is -1.93. The van der Waals surface area contributed by atoms with Crippen molar-refractivity contribution in [3.8, 4) is 0 Å². The molecule has 0 amide bonds. The van der Waals surface area contributed by atoms with Crippen molar-refractivity contribution in [3.63, 3.8) is 0 Å². The van der Waals surface area contributed by atoms with Crippen molar-refractivity contribution in [1.82, 2.24) is 0 Å². The van der Waals surface area contributed by atoms with Gasteiger partial charge in [0, 0.05) is 12.1 Å². The highest BCUT2D eigenvalue weighted by Crippen LogP contribution is 2.32. The lowest BCUT2D eigenvalue weighted by Crippen LogP contribution is -2.19. The normalized spacial score (nSPS) is 22.2. The Kier molecular flexibility index (Phi) is 2.50. The van der Waals surface area contributed by atoms with E-state index in [9.17, 15) is 0 Å². The summed E-state index contributed by atoms with van der Waals surface area (Å²) in [5.74, 6) is 0.229. The van der Waals surface area contributed by atoms with Crippen LogP contribution in [0.25, 0.3) is 0 Å². The van der Waals surface area contributed by atoms with Gasteiger partial charge in [-0.25, -0.2) is 0 Å². The zero-order chi connectivity index (χ0) is 11.7. The summed E-state index contributed by atoms with van der Waals surface area (Å²) in [6.07, 6.45) is 1.74. The maximum atomic E-state index is 5.99. The molecule has 0 spiro atoms. The van der Waals surface area contributed by atoms with Gasteiger partial charge >= 0.3 is 0 Å². The minimum Gasteiger partial charge on any atom is -0.306 e. The van der Waals surface area contributed by atoms with E-state index < -0.39 is 0 Å². The Morgan fingerprint density at radius 2 is 1.47 bits per heavy atom. The van der Waals surface area contributed by atoms with Crippen LogP contribution < -0.4 is 5.73 Å². The van der Waals surface area contributed by atoms with Gasteiger partial charge in [-0.3, -0.25) is 4.99 Å². The number of nitrogens with two attached hydrogens (primary N) is 1. The summed E-state index contributed by atoms with van der Waals surface area (Å²) in [5.41, 5.74) is 9.64. The second-order valence-electron chi connectivity index (χ2n) is 4.26. The highest BCUT2D eigenvalue weighted by atomic mass is 14.9. The summed E-state index contributed by atoms with van der Waals surface area (Å²) in [6.45, 7) is 0. The number of fused-ring (bicyclic) bond motifs is 1. The van der Waals surface area contributed by atoms with E-state index in [1.165, 1.54) is 11.1 Å². The summed E-state index contributed by atoms with van der Waals surface area (Å²) >= 11 is 0. The molecule has 84 valence electrons. The van der Waals surface area contributed by atoms with Gasteiger partial charge in [0.1, 0.15) is 6.17 Å². The van der Waals surface area contributed by atoms with Gasteiger partial charge in [0.25, 0.3) is 0 Å². The van der Waals surface area contributed by atoms with Crippen LogP contribution in [0.1, 0.15) is 28.8 Å². The van der Waals surface area contributed by atoms with Crippen LogP contribution in [0.2, 0.25) is 0 Å². The van der Waals surface area contributed by atoms with Crippen LogP contribution in [-0.4, -0.2) is 6.21 Å². The van der Waals surface area contributed by atoms with E-state index in [1.807, 2.05) is 18.3 Å². The van der Waals surface area contributed by atoms with Crippen LogP contribution in [0.15, 0.2) is 59.6 Å². The van der Waals surface area contributed by atoms with Crippen molar-refractivity contribution < 1.29 is 0 Å². The quantitative estimate of drug-likeness (QED) is 0.791. The van der Waals surface area contributed by atoms with Crippen molar-refractivity contribution >= 4 is 6.21 Å². The SMILES string of the molecule is NC1N=CC(c2ccccc2)c2ccccc21. The molecule has 0 saturated heterocycles. The standard InChI is InChI=1S/C15H14N2/c16-15-13-9-5-4-8-12(13)14(10-17-15)11-6-2-1-3-7-11/h1-10,14-15H,16H2. The van der Waals surface area contributed by atoms with E-state index in [0.29, 0.717) is 0 Å². The smallest absolute Gasteiger partial charge is 0.123 e. The van der Waals surface area contributed by atoms with Gasteiger partial charge in [0.2, 0.25) is 0 Å². The average molecular weight is 222 g/mol. The third-order valence-corrected chi connectivity index (χ3v) is 3.20. The van der Waals surface area contributed by atoms with Gasteiger partial charge in [-0.15, -0.1) is 0 Å². The fourth-order valence-corrected chi connectivity index (χ4v) is 2.33. The zero-order valence-electron chi connectivity index (χ0n) is 9.45. The fraction of sp³-hybridized carbons (Fsp3) is 0.133. The molecule has 0 radical (unpaired) electrons. The lowest BCUT2D eigenvalue weighted by Gasteiger charge is -2.24. The molecule has 1 aliphatic rings. The molecule has 0 bridgehead atoms. The van der Waals surface area contributed by atoms with E-state index in [2.05, 4.69) is 47.5 Å². The fourth-order valence-electron chi connectivity index (χ4n) is 2.33. The molecule has 2 nitrogen and oxygen atoms in total. The number of nitrogens with zero attached hydrogens (tertiary/aromatic N) is 1. The Labute approximate surface area is 101 Å². The summed E-state index contributed by atoms with van der Waals surface area (Å²) < 4.78 is 0. The third-order valence-electron chi connectivity index (χ3n) is 3.20. The van der Waals surface area contributed by atoms with Crippen LogP contribution in [0.4, 0.5) is 0 Å². The minimum atomic E-state index is -0.217. The first kappa shape index (κ1) is 10.2. The molecule has 17 heavy (non-hydrogen) atoms. The molecule has 2 unspecified atom stereocenters. The Morgan fingerprint density at radius 1 is 0.824 bits per heavy atom. The monoisotopic (exact) mass is 222 g/mol. The molecular formula is C15H14N2. The van der Waals surface area contributed by atoms with Crippen molar-refractivity contribution in [1.29, 1.82) is 0 Å². The van der Waals surface area contributed by atoms with Crippen molar-refractivity contribution in [3.05, 3.63) is 71.3 Å². The van der Waals surface area contributed by atoms with E-state index in [-0.39, 0.29) is 12.1 Å². The van der Waals surface area contributed by atoms with E-state index in [4.69, 9.17) is 5.73 Å². The number of hydrogen-bond acceptors (Lipinski definition) is 2. The number of hydrogen-bond donors (Lipinski definition) is 1. The van der Waals surface area contributed by atoms with Crippen LogP contribution in [0.3, 0.4) is 0 Å². The highest BCUT2D eigenvalue weighted by molar-refractivity contribution is 5.76. The van der Waals surface area contributed by atoms with Crippen LogP contribution >= 0.6 is 0 Å². The third kappa shape index (κ3) is 1.77. The Bertz CT molecular complexity index is 546. The molecule has 1 aliphatic heterocycles. The molecule has 0 aliphatic carbocycles. The molecule has 0 saturated carbocycles. The van der Waals surface area contributed by atoms with Gasteiger partial charge in [-0.05, 0) is 16.7 Å². The average Bonchev–Trinajstić information content (AvgIpc) is 2.41. The van der Waals surface area contributed by atoms with Crippen LogP contribution in [0.5, 0.6) is 0 Å². The van der Waals surface area contributed by atoms with E-state index in [0.717, 1.165) is 5.56 Å². The highest BCUT2D eigenvalue weighted by Gasteiger charge is 2.21. The van der Waals surface area contributed by atoms with Crippen molar-refractivity contribution in [2.24, 2.45) is 10.7 Å². The summed E-state index contributed by atoms with van der Waals surface area (Å²) in [6, 6.07) is 18.7. The summed E-state index contributed by atoms with van der Waals surface area (Å²) in [4.78, 5) is 4.38. The zero-order valence-corrected chi connectivity index (χ0v) is 9.45.